The average molecular weight is 332 g/mol. The van der Waals surface area contributed by atoms with Gasteiger partial charge < -0.3 is 14.7 Å². The first-order chi connectivity index (χ1) is 9.44. The molecule has 3 N–H and O–H groups in total. The quantitative estimate of drug-likeness (QED) is 0.604. The van der Waals surface area contributed by atoms with Crippen LogP contribution in [0.2, 0.25) is 18.1 Å². The van der Waals surface area contributed by atoms with Gasteiger partial charge in [-0.1, -0.05) is 34.6 Å². The Morgan fingerprint density at radius 3 is 2.33 bits per heavy atom. The summed E-state index contributed by atoms with van der Waals surface area (Å²) < 4.78 is 11.5. The van der Waals surface area contributed by atoms with E-state index in [0.29, 0.717) is 11.7 Å². The van der Waals surface area contributed by atoms with Crippen LogP contribution in [0.5, 0.6) is 0 Å². The van der Waals surface area contributed by atoms with E-state index < -0.39 is 8.32 Å². The number of nitrogens with one attached hydrogen (secondary N) is 1. The lowest BCUT2D eigenvalue weighted by Crippen LogP contribution is -2.46. The second kappa shape index (κ2) is 6.72. The van der Waals surface area contributed by atoms with Crippen LogP contribution in [0, 0.1) is 10.8 Å². The number of nitrogens with zero attached hydrogens (tertiary/aromatic N) is 1. The van der Waals surface area contributed by atoms with Gasteiger partial charge in [0.15, 0.2) is 14.1 Å². The molecule has 1 unspecified atom stereocenters. The Labute approximate surface area is 133 Å². The van der Waals surface area contributed by atoms with Crippen LogP contribution in [-0.4, -0.2) is 24.5 Å². The minimum atomic E-state index is -1.97. The molecule has 2 atom stereocenters. The predicted octanol–water partition coefficient (Wildman–Crippen LogP) is 4.17. The highest BCUT2D eigenvalue weighted by Crippen LogP contribution is 2.40. The van der Waals surface area contributed by atoms with E-state index in [1.165, 1.54) is 0 Å². The van der Waals surface area contributed by atoms with Crippen molar-refractivity contribution in [2.24, 2.45) is 11.7 Å². The summed E-state index contributed by atoms with van der Waals surface area (Å²) >= 11 is 4.95. The van der Waals surface area contributed by atoms with Crippen molar-refractivity contribution in [3.63, 3.8) is 0 Å². The van der Waals surface area contributed by atoms with Crippen LogP contribution in [0.4, 0.5) is 0 Å². The summed E-state index contributed by atoms with van der Waals surface area (Å²) in [4.78, 5) is 4.40. The average Bonchev–Trinajstić information content (AvgIpc) is 2.70. The fourth-order valence-electron chi connectivity index (χ4n) is 1.87. The fraction of sp³-hybridized carbons (Fsp3) is 0.857. The second-order valence-electron chi connectivity index (χ2n) is 7.56. The lowest BCUT2D eigenvalue weighted by molar-refractivity contribution is 0.132. The van der Waals surface area contributed by atoms with Gasteiger partial charge in [0.1, 0.15) is 6.10 Å². The number of hydrogen-bond donors (Lipinski definition) is 2. The van der Waals surface area contributed by atoms with Crippen LogP contribution < -0.4 is 5.73 Å². The third kappa shape index (κ3) is 5.02. The first-order valence-corrected chi connectivity index (χ1v) is 10.7. The summed E-state index contributed by atoms with van der Waals surface area (Å²) in [6, 6.07) is -0.144. The molecule has 1 aromatic rings. The van der Waals surface area contributed by atoms with E-state index in [2.05, 4.69) is 57.9 Å². The van der Waals surface area contributed by atoms with Gasteiger partial charge >= 0.3 is 4.84 Å². The molecule has 0 radical (unpaired) electrons. The van der Waals surface area contributed by atoms with E-state index in [1.807, 2.05) is 0 Å². The molecular weight excluding hydrogens is 302 g/mol. The van der Waals surface area contributed by atoms with Crippen molar-refractivity contribution in [1.82, 2.24) is 10.1 Å². The van der Waals surface area contributed by atoms with Crippen molar-refractivity contribution in [2.75, 3.05) is 0 Å². The Morgan fingerprint density at radius 1 is 1.38 bits per heavy atom. The Balaban J connectivity index is 3.06. The van der Waals surface area contributed by atoms with Gasteiger partial charge in [-0.05, 0) is 42.7 Å². The fourth-order valence-corrected chi connectivity index (χ4v) is 3.28. The summed E-state index contributed by atoms with van der Waals surface area (Å²) in [7, 11) is -1.97. The molecule has 0 saturated carbocycles. The topological polar surface area (TPSA) is 77.1 Å². The molecule has 0 aliphatic heterocycles. The lowest BCUT2D eigenvalue weighted by Gasteiger charge is -2.40. The SMILES string of the molecule is CC(C)C[C@H](N)C(O[Si](C)(C)C(C)(C)C)c1nc(=S)o[nH]1. The van der Waals surface area contributed by atoms with E-state index in [1.54, 1.807) is 0 Å². The smallest absolute Gasteiger partial charge is 0.314 e. The number of H-pyrrole nitrogens is 1. The zero-order valence-corrected chi connectivity index (χ0v) is 16.0. The summed E-state index contributed by atoms with van der Waals surface area (Å²) in [6.45, 7) is 15.3. The number of nitrogens with two attached hydrogens (primary N) is 1. The van der Waals surface area contributed by atoms with Gasteiger partial charge in [-0.3, -0.25) is 0 Å². The maximum Gasteiger partial charge on any atom is 0.314 e. The molecule has 0 aliphatic carbocycles. The molecule has 0 amide bonds. The van der Waals surface area contributed by atoms with E-state index in [0.717, 1.165) is 6.42 Å². The molecule has 122 valence electrons. The first-order valence-electron chi connectivity index (χ1n) is 7.43. The summed E-state index contributed by atoms with van der Waals surface area (Å²) in [5, 5.41) is 2.86. The molecule has 0 aromatic carbocycles. The van der Waals surface area contributed by atoms with Gasteiger partial charge in [0.2, 0.25) is 0 Å². The maximum atomic E-state index is 6.48. The minimum Gasteiger partial charge on any atom is -0.405 e. The van der Waals surface area contributed by atoms with Crippen molar-refractivity contribution in [1.29, 1.82) is 0 Å². The Bertz CT molecular complexity index is 505. The van der Waals surface area contributed by atoms with Crippen LogP contribution in [-0.2, 0) is 4.43 Å². The zero-order valence-electron chi connectivity index (χ0n) is 14.2. The highest BCUT2D eigenvalue weighted by atomic mass is 32.1. The van der Waals surface area contributed by atoms with Gasteiger partial charge in [0.25, 0.3) is 0 Å². The van der Waals surface area contributed by atoms with Gasteiger partial charge in [-0.15, -0.1) is 0 Å². The number of aromatic amines is 1. The lowest BCUT2D eigenvalue weighted by atomic mass is 10.00. The summed E-state index contributed by atoms with van der Waals surface area (Å²) in [6.07, 6.45) is 0.543. The van der Waals surface area contributed by atoms with Crippen LogP contribution in [0.15, 0.2) is 4.52 Å². The van der Waals surface area contributed by atoms with E-state index >= 15 is 0 Å². The molecule has 1 heterocycles. The van der Waals surface area contributed by atoms with E-state index in [4.69, 9.17) is 26.9 Å². The monoisotopic (exact) mass is 331 g/mol. The molecule has 0 bridgehead atoms. The van der Waals surface area contributed by atoms with Crippen molar-refractivity contribution < 1.29 is 8.95 Å². The molecule has 0 fully saturated rings. The van der Waals surface area contributed by atoms with Gasteiger partial charge in [-0.2, -0.15) is 4.98 Å². The molecule has 0 saturated heterocycles. The van der Waals surface area contributed by atoms with Gasteiger partial charge in [0, 0.05) is 6.04 Å². The molecule has 7 heteroatoms. The van der Waals surface area contributed by atoms with Crippen LogP contribution in [0.3, 0.4) is 0 Å². The Hall–Kier alpha value is -0.503. The van der Waals surface area contributed by atoms with Crippen LogP contribution in [0.25, 0.3) is 0 Å². The highest BCUT2D eigenvalue weighted by Gasteiger charge is 2.41. The van der Waals surface area contributed by atoms with Gasteiger partial charge in [-0.25, -0.2) is 5.16 Å². The molecular formula is C14H29N3O2SSi. The summed E-state index contributed by atoms with van der Waals surface area (Å²) in [5.41, 5.74) is 6.37. The molecule has 5 nitrogen and oxygen atoms in total. The first kappa shape index (κ1) is 18.5. The summed E-state index contributed by atoms with van der Waals surface area (Å²) in [5.74, 6) is 1.08. The minimum absolute atomic E-state index is 0.101. The third-order valence-electron chi connectivity index (χ3n) is 4.08. The van der Waals surface area contributed by atoms with Crippen molar-refractivity contribution in [3.8, 4) is 0 Å². The Morgan fingerprint density at radius 2 is 1.95 bits per heavy atom. The Kier molecular flexibility index (Phi) is 5.94. The zero-order chi connectivity index (χ0) is 16.4. The largest absolute Gasteiger partial charge is 0.405 e. The number of rotatable bonds is 6. The number of hydrogen-bond acceptors (Lipinski definition) is 5. The van der Waals surface area contributed by atoms with Gasteiger partial charge in [0.05, 0.1) is 0 Å². The maximum absolute atomic E-state index is 6.48. The van der Waals surface area contributed by atoms with Crippen molar-refractivity contribution in [2.45, 2.75) is 71.3 Å². The van der Waals surface area contributed by atoms with Crippen LogP contribution >= 0.6 is 12.2 Å². The van der Waals surface area contributed by atoms with Crippen LogP contribution in [0.1, 0.15) is 53.0 Å². The van der Waals surface area contributed by atoms with Crippen molar-refractivity contribution in [3.05, 3.63) is 10.7 Å². The second-order valence-corrected chi connectivity index (χ2v) is 12.7. The molecule has 1 aromatic heterocycles. The molecule has 0 aliphatic rings. The predicted molar refractivity (Wildman–Crippen MR) is 90.1 cm³/mol. The third-order valence-corrected chi connectivity index (χ3v) is 8.71. The molecule has 21 heavy (non-hydrogen) atoms. The van der Waals surface area contributed by atoms with Crippen molar-refractivity contribution >= 4 is 20.5 Å². The normalized spacial score (nSPS) is 16.2. The molecule has 1 rings (SSSR count). The number of aromatic nitrogens is 2. The highest BCUT2D eigenvalue weighted by molar-refractivity contribution is 7.71. The molecule has 0 spiro atoms. The van der Waals surface area contributed by atoms with E-state index in [-0.39, 0.29) is 22.0 Å². The standard InChI is InChI=1S/C14H29N3O2SSi/c1-9(2)8-10(15)11(12-16-13(20)18-17-12)19-21(6,7)14(3,4)5/h9-11H,8,15H2,1-7H3,(H,16,17,20)/t10-,11?/m0/s1. The van der Waals surface area contributed by atoms with E-state index in [9.17, 15) is 0 Å².